The zero-order valence-corrected chi connectivity index (χ0v) is 16.9. The van der Waals surface area contributed by atoms with Gasteiger partial charge < -0.3 is 15.0 Å². The smallest absolute Gasteiger partial charge is 0.193 e. The molecule has 0 unspecified atom stereocenters. The molecule has 1 aromatic rings. The molecule has 0 atom stereocenters. The maximum atomic E-state index is 5.42. The highest BCUT2D eigenvalue weighted by molar-refractivity contribution is 14.0. The fraction of sp³-hybridized carbons (Fsp3) is 0.688. The molecular formula is C16H28IN3OS. The van der Waals surface area contributed by atoms with Crippen LogP contribution in [-0.2, 0) is 11.3 Å². The van der Waals surface area contributed by atoms with Crippen molar-refractivity contribution in [2.24, 2.45) is 10.9 Å². The third kappa shape index (κ3) is 6.04. The average Bonchev–Trinajstić information content (AvgIpc) is 2.92. The number of hydrogen-bond acceptors (Lipinski definition) is 3. The van der Waals surface area contributed by atoms with Gasteiger partial charge in [-0.15, -0.1) is 35.3 Å². The maximum Gasteiger partial charge on any atom is 0.193 e. The van der Waals surface area contributed by atoms with E-state index in [4.69, 9.17) is 4.74 Å². The molecule has 1 fully saturated rings. The molecule has 22 heavy (non-hydrogen) atoms. The number of thiophene rings is 1. The van der Waals surface area contributed by atoms with E-state index in [2.05, 4.69) is 40.6 Å². The molecule has 0 aromatic carbocycles. The first-order valence-corrected chi connectivity index (χ1v) is 8.61. The van der Waals surface area contributed by atoms with Gasteiger partial charge in [0.2, 0.25) is 0 Å². The number of nitrogens with one attached hydrogen (secondary N) is 1. The van der Waals surface area contributed by atoms with Crippen LogP contribution in [0.5, 0.6) is 0 Å². The first-order valence-electron chi connectivity index (χ1n) is 7.73. The Morgan fingerprint density at radius 1 is 1.45 bits per heavy atom. The molecule has 0 bridgehead atoms. The van der Waals surface area contributed by atoms with Crippen molar-refractivity contribution < 1.29 is 4.74 Å². The number of hydrogen-bond donors (Lipinski definition) is 1. The van der Waals surface area contributed by atoms with Gasteiger partial charge in [-0.25, -0.2) is 0 Å². The van der Waals surface area contributed by atoms with Crippen LogP contribution in [0, 0.1) is 12.8 Å². The summed E-state index contributed by atoms with van der Waals surface area (Å²) in [7, 11) is 3.98. The van der Waals surface area contributed by atoms with Crippen LogP contribution in [0.3, 0.4) is 0 Å². The Kier molecular flexibility index (Phi) is 9.35. The van der Waals surface area contributed by atoms with Gasteiger partial charge in [0.05, 0.1) is 6.54 Å². The lowest BCUT2D eigenvalue weighted by Crippen LogP contribution is -2.39. The van der Waals surface area contributed by atoms with Crippen LogP contribution >= 0.6 is 35.3 Å². The molecule has 0 spiro atoms. The quantitative estimate of drug-likeness (QED) is 0.435. The van der Waals surface area contributed by atoms with Crippen molar-refractivity contribution in [2.45, 2.75) is 32.7 Å². The van der Waals surface area contributed by atoms with E-state index in [9.17, 15) is 0 Å². The molecule has 1 saturated heterocycles. The Bertz CT molecular complexity index is 458. The van der Waals surface area contributed by atoms with Gasteiger partial charge >= 0.3 is 0 Å². The lowest BCUT2D eigenvalue weighted by molar-refractivity contribution is 0.0625. The second kappa shape index (κ2) is 10.4. The Hall–Kier alpha value is -0.340. The van der Waals surface area contributed by atoms with Gasteiger partial charge in [0.15, 0.2) is 5.96 Å². The summed E-state index contributed by atoms with van der Waals surface area (Å²) in [6.45, 7) is 5.93. The predicted molar refractivity (Wildman–Crippen MR) is 105 cm³/mol. The summed E-state index contributed by atoms with van der Waals surface area (Å²) in [5.41, 5.74) is 1.35. The van der Waals surface area contributed by atoms with E-state index in [1.807, 2.05) is 7.05 Å². The minimum absolute atomic E-state index is 0. The molecule has 0 saturated carbocycles. The normalized spacial score (nSPS) is 16.2. The van der Waals surface area contributed by atoms with Crippen molar-refractivity contribution in [1.82, 2.24) is 10.2 Å². The number of rotatable bonds is 5. The topological polar surface area (TPSA) is 36.9 Å². The van der Waals surface area contributed by atoms with Crippen LogP contribution in [0.4, 0.5) is 0 Å². The number of guanidine groups is 1. The van der Waals surface area contributed by atoms with Crippen LogP contribution in [-0.4, -0.2) is 44.7 Å². The van der Waals surface area contributed by atoms with Gasteiger partial charge in [-0.2, -0.15) is 0 Å². The zero-order valence-electron chi connectivity index (χ0n) is 13.8. The van der Waals surface area contributed by atoms with Crippen molar-refractivity contribution in [3.05, 3.63) is 21.9 Å². The average molecular weight is 437 g/mol. The van der Waals surface area contributed by atoms with Gasteiger partial charge in [-0.3, -0.25) is 4.99 Å². The molecule has 2 heterocycles. The van der Waals surface area contributed by atoms with Crippen molar-refractivity contribution in [1.29, 1.82) is 0 Å². The number of ether oxygens (including phenoxy) is 1. The van der Waals surface area contributed by atoms with Crippen LogP contribution in [0.1, 0.15) is 29.7 Å². The third-order valence-corrected chi connectivity index (χ3v) is 5.19. The summed E-state index contributed by atoms with van der Waals surface area (Å²) in [6.07, 6.45) is 3.63. The van der Waals surface area contributed by atoms with Gasteiger partial charge in [0.25, 0.3) is 0 Å². The first-order chi connectivity index (χ1) is 10.2. The minimum atomic E-state index is 0. The molecule has 4 nitrogen and oxygen atoms in total. The highest BCUT2D eigenvalue weighted by Crippen LogP contribution is 2.18. The highest BCUT2D eigenvalue weighted by atomic mass is 127. The van der Waals surface area contributed by atoms with Crippen molar-refractivity contribution in [2.75, 3.05) is 33.9 Å². The molecule has 1 N–H and O–H groups in total. The zero-order chi connectivity index (χ0) is 15.1. The first kappa shape index (κ1) is 19.7. The van der Waals surface area contributed by atoms with E-state index in [1.54, 1.807) is 11.3 Å². The molecule has 2 rings (SSSR count). The maximum absolute atomic E-state index is 5.42. The summed E-state index contributed by atoms with van der Waals surface area (Å²) < 4.78 is 5.42. The monoisotopic (exact) mass is 437 g/mol. The number of aliphatic imine (C=N–C) groups is 1. The molecule has 126 valence electrons. The minimum Gasteiger partial charge on any atom is -0.381 e. The highest BCUT2D eigenvalue weighted by Gasteiger charge is 2.15. The summed E-state index contributed by atoms with van der Waals surface area (Å²) in [4.78, 5) is 8.01. The third-order valence-electron chi connectivity index (χ3n) is 4.16. The molecule has 0 radical (unpaired) electrons. The Morgan fingerprint density at radius 2 is 2.18 bits per heavy atom. The summed E-state index contributed by atoms with van der Waals surface area (Å²) in [5.74, 6) is 1.79. The van der Waals surface area contributed by atoms with Gasteiger partial charge in [-0.1, -0.05) is 0 Å². The standard InChI is InChI=1S/C16H27N3OS.HI/c1-13-7-11-21-15(13)12-18-16(17-2)19(3)8-4-14-5-9-20-10-6-14;/h7,11,14H,4-6,8-10,12H2,1-3H3,(H,17,18);1H. The van der Waals surface area contributed by atoms with E-state index >= 15 is 0 Å². The molecule has 1 aliphatic heterocycles. The van der Waals surface area contributed by atoms with Crippen molar-refractivity contribution in [3.8, 4) is 0 Å². The predicted octanol–water partition coefficient (Wildman–Crippen LogP) is 3.50. The van der Waals surface area contributed by atoms with Gasteiger partial charge in [0.1, 0.15) is 0 Å². The number of halogens is 1. The van der Waals surface area contributed by atoms with Gasteiger partial charge in [-0.05, 0) is 49.1 Å². The SMILES string of the molecule is CN=C(NCc1sccc1C)N(C)CCC1CCOCC1.I. The van der Waals surface area contributed by atoms with E-state index in [1.165, 1.54) is 29.7 Å². The Labute approximate surface area is 155 Å². The molecule has 6 heteroatoms. The van der Waals surface area contributed by atoms with E-state index in [0.29, 0.717) is 0 Å². The van der Waals surface area contributed by atoms with E-state index in [-0.39, 0.29) is 24.0 Å². The van der Waals surface area contributed by atoms with Crippen LogP contribution < -0.4 is 5.32 Å². The number of nitrogens with zero attached hydrogens (tertiary/aromatic N) is 2. The summed E-state index contributed by atoms with van der Waals surface area (Å²) >= 11 is 1.80. The summed E-state index contributed by atoms with van der Waals surface area (Å²) in [5, 5.41) is 5.60. The fourth-order valence-corrected chi connectivity index (χ4v) is 3.49. The van der Waals surface area contributed by atoms with Crippen LogP contribution in [0.25, 0.3) is 0 Å². The lowest BCUT2D eigenvalue weighted by atomic mass is 9.96. The Morgan fingerprint density at radius 3 is 2.77 bits per heavy atom. The lowest BCUT2D eigenvalue weighted by Gasteiger charge is -2.26. The second-order valence-corrected chi connectivity index (χ2v) is 6.69. The van der Waals surface area contributed by atoms with Gasteiger partial charge in [0, 0.05) is 38.7 Å². The molecule has 1 aromatic heterocycles. The Balaban J connectivity index is 0.00000242. The summed E-state index contributed by atoms with van der Waals surface area (Å²) in [6, 6.07) is 2.17. The largest absolute Gasteiger partial charge is 0.381 e. The molecule has 1 aliphatic rings. The fourth-order valence-electron chi connectivity index (χ4n) is 2.65. The molecule has 0 amide bonds. The number of aryl methyl sites for hydroxylation is 1. The van der Waals surface area contributed by atoms with E-state index in [0.717, 1.165) is 38.2 Å². The molecule has 0 aliphatic carbocycles. The second-order valence-electron chi connectivity index (χ2n) is 5.69. The van der Waals surface area contributed by atoms with Crippen LogP contribution in [0.15, 0.2) is 16.4 Å². The van der Waals surface area contributed by atoms with Crippen LogP contribution in [0.2, 0.25) is 0 Å². The molecular weight excluding hydrogens is 409 g/mol. The van der Waals surface area contributed by atoms with Crippen molar-refractivity contribution >= 4 is 41.3 Å². The van der Waals surface area contributed by atoms with Crippen molar-refractivity contribution in [3.63, 3.8) is 0 Å². The van der Waals surface area contributed by atoms with E-state index < -0.39 is 0 Å².